The molecule has 2 heterocycles. The Labute approximate surface area is 109 Å². The molecule has 0 saturated heterocycles. The first-order chi connectivity index (χ1) is 8.83. The van der Waals surface area contributed by atoms with Crippen LogP contribution in [0.15, 0.2) is 24.4 Å². The SMILES string of the molecule is CCC(CNC)c1cc2c3c(ccn3CCC2)c1. The number of likely N-dealkylation sites (N-methyl/N-ethyl adjacent to an activating group) is 1. The van der Waals surface area contributed by atoms with Crippen LogP contribution < -0.4 is 5.32 Å². The Morgan fingerprint density at radius 1 is 1.39 bits per heavy atom. The number of rotatable bonds is 4. The Morgan fingerprint density at radius 3 is 3.06 bits per heavy atom. The first-order valence-electron chi connectivity index (χ1n) is 7.09. The maximum Gasteiger partial charge on any atom is 0.0513 e. The van der Waals surface area contributed by atoms with E-state index in [2.05, 4.69) is 41.2 Å². The predicted octanol–water partition coefficient (Wildman–Crippen LogP) is 3.30. The van der Waals surface area contributed by atoms with Gasteiger partial charge in [-0.15, -0.1) is 0 Å². The largest absolute Gasteiger partial charge is 0.347 e. The zero-order valence-corrected chi connectivity index (χ0v) is 11.4. The lowest BCUT2D eigenvalue weighted by molar-refractivity contribution is 0.607. The van der Waals surface area contributed by atoms with E-state index in [4.69, 9.17) is 0 Å². The molecule has 2 aromatic rings. The third-order valence-corrected chi connectivity index (χ3v) is 4.22. The Bertz CT molecular complexity index is 553. The van der Waals surface area contributed by atoms with Gasteiger partial charge in [0.05, 0.1) is 5.52 Å². The van der Waals surface area contributed by atoms with E-state index < -0.39 is 0 Å². The lowest BCUT2D eigenvalue weighted by Crippen LogP contribution is -2.17. The molecule has 0 spiro atoms. The van der Waals surface area contributed by atoms with Crippen molar-refractivity contribution in [3.63, 3.8) is 0 Å². The van der Waals surface area contributed by atoms with Crippen molar-refractivity contribution < 1.29 is 0 Å². The summed E-state index contributed by atoms with van der Waals surface area (Å²) in [5.74, 6) is 0.640. The van der Waals surface area contributed by atoms with Crippen molar-refractivity contribution >= 4 is 10.9 Å². The van der Waals surface area contributed by atoms with E-state index >= 15 is 0 Å². The van der Waals surface area contributed by atoms with Gasteiger partial charge in [0.25, 0.3) is 0 Å². The second-order valence-corrected chi connectivity index (χ2v) is 5.39. The molecule has 18 heavy (non-hydrogen) atoms. The number of hydrogen-bond donors (Lipinski definition) is 1. The van der Waals surface area contributed by atoms with Gasteiger partial charge in [-0.2, -0.15) is 0 Å². The summed E-state index contributed by atoms with van der Waals surface area (Å²) < 4.78 is 2.41. The molecule has 0 bridgehead atoms. The zero-order valence-electron chi connectivity index (χ0n) is 11.4. The second-order valence-electron chi connectivity index (χ2n) is 5.39. The minimum absolute atomic E-state index is 0.640. The molecule has 1 aliphatic rings. The Balaban J connectivity index is 2.09. The van der Waals surface area contributed by atoms with Crippen molar-refractivity contribution in [2.45, 2.75) is 38.6 Å². The number of benzene rings is 1. The van der Waals surface area contributed by atoms with Gasteiger partial charge in [-0.25, -0.2) is 0 Å². The molecule has 1 aromatic heterocycles. The van der Waals surface area contributed by atoms with Crippen molar-refractivity contribution in [2.75, 3.05) is 13.6 Å². The van der Waals surface area contributed by atoms with Gasteiger partial charge in [0.2, 0.25) is 0 Å². The summed E-state index contributed by atoms with van der Waals surface area (Å²) in [5, 5.41) is 4.74. The first kappa shape index (κ1) is 11.8. The van der Waals surface area contributed by atoms with E-state index in [-0.39, 0.29) is 0 Å². The summed E-state index contributed by atoms with van der Waals surface area (Å²) in [7, 11) is 2.04. The fraction of sp³-hybridized carbons (Fsp3) is 0.500. The molecule has 0 amide bonds. The van der Waals surface area contributed by atoms with E-state index in [9.17, 15) is 0 Å². The summed E-state index contributed by atoms with van der Waals surface area (Å²) in [5.41, 5.74) is 4.53. The highest BCUT2D eigenvalue weighted by Crippen LogP contribution is 2.31. The topological polar surface area (TPSA) is 17.0 Å². The number of aromatic nitrogens is 1. The van der Waals surface area contributed by atoms with Gasteiger partial charge in [-0.3, -0.25) is 0 Å². The van der Waals surface area contributed by atoms with Crippen molar-refractivity contribution in [2.24, 2.45) is 0 Å². The fourth-order valence-corrected chi connectivity index (χ4v) is 3.26. The molecular weight excluding hydrogens is 220 g/mol. The highest BCUT2D eigenvalue weighted by molar-refractivity contribution is 5.85. The van der Waals surface area contributed by atoms with Gasteiger partial charge in [0, 0.05) is 24.7 Å². The lowest BCUT2D eigenvalue weighted by atomic mass is 9.91. The molecule has 2 nitrogen and oxygen atoms in total. The molecule has 1 aromatic carbocycles. The van der Waals surface area contributed by atoms with Crippen LogP contribution in [-0.4, -0.2) is 18.2 Å². The smallest absolute Gasteiger partial charge is 0.0513 e. The standard InChI is InChI=1S/C16H22N2/c1-3-12(11-17-2)15-9-13-5-4-7-18-8-6-14(10-15)16(13)18/h6,8-10,12,17H,3-5,7,11H2,1-2H3. The monoisotopic (exact) mass is 242 g/mol. The molecule has 2 heteroatoms. The van der Waals surface area contributed by atoms with Crippen LogP contribution in [0.25, 0.3) is 10.9 Å². The van der Waals surface area contributed by atoms with Gasteiger partial charge in [-0.05, 0) is 55.5 Å². The summed E-state index contributed by atoms with van der Waals surface area (Å²) in [4.78, 5) is 0. The number of nitrogens with one attached hydrogen (secondary N) is 1. The molecule has 96 valence electrons. The Kier molecular flexibility index (Phi) is 3.13. The van der Waals surface area contributed by atoms with Crippen molar-refractivity contribution in [3.05, 3.63) is 35.5 Å². The lowest BCUT2D eigenvalue weighted by Gasteiger charge is -2.20. The van der Waals surface area contributed by atoms with Crippen LogP contribution in [0.1, 0.15) is 36.8 Å². The van der Waals surface area contributed by atoms with Gasteiger partial charge in [-0.1, -0.05) is 13.0 Å². The molecular formula is C16H22N2. The van der Waals surface area contributed by atoms with Gasteiger partial charge in [0.1, 0.15) is 0 Å². The van der Waals surface area contributed by atoms with Crippen LogP contribution in [-0.2, 0) is 13.0 Å². The van der Waals surface area contributed by atoms with Gasteiger partial charge < -0.3 is 9.88 Å². The molecule has 1 atom stereocenters. The van der Waals surface area contributed by atoms with Crippen molar-refractivity contribution in [3.8, 4) is 0 Å². The first-order valence-corrected chi connectivity index (χ1v) is 7.09. The summed E-state index contributed by atoms with van der Waals surface area (Å²) in [6.07, 6.45) is 5.97. The second kappa shape index (κ2) is 4.77. The molecule has 3 rings (SSSR count). The van der Waals surface area contributed by atoms with E-state index in [0.717, 1.165) is 6.54 Å². The van der Waals surface area contributed by atoms with Gasteiger partial charge in [0.15, 0.2) is 0 Å². The normalized spacial score (nSPS) is 16.1. The third kappa shape index (κ3) is 1.85. The summed E-state index contributed by atoms with van der Waals surface area (Å²) >= 11 is 0. The van der Waals surface area contributed by atoms with Gasteiger partial charge >= 0.3 is 0 Å². The fourth-order valence-electron chi connectivity index (χ4n) is 3.26. The third-order valence-electron chi connectivity index (χ3n) is 4.22. The van der Waals surface area contributed by atoms with Crippen molar-refractivity contribution in [1.29, 1.82) is 0 Å². The van der Waals surface area contributed by atoms with E-state index in [1.165, 1.54) is 42.3 Å². The molecule has 0 fully saturated rings. The summed E-state index contributed by atoms with van der Waals surface area (Å²) in [6.45, 7) is 4.54. The maximum atomic E-state index is 3.32. The minimum Gasteiger partial charge on any atom is -0.347 e. The van der Waals surface area contributed by atoms with Crippen molar-refractivity contribution in [1.82, 2.24) is 9.88 Å². The summed E-state index contributed by atoms with van der Waals surface area (Å²) in [6, 6.07) is 7.12. The number of nitrogens with zero attached hydrogens (tertiary/aromatic N) is 1. The Morgan fingerprint density at radius 2 is 2.28 bits per heavy atom. The highest BCUT2D eigenvalue weighted by atomic mass is 15.0. The maximum absolute atomic E-state index is 3.32. The molecule has 1 N–H and O–H groups in total. The van der Waals surface area contributed by atoms with E-state index in [1.54, 1.807) is 5.56 Å². The average Bonchev–Trinajstić information content (AvgIpc) is 2.81. The van der Waals surface area contributed by atoms with Crippen LogP contribution in [0.2, 0.25) is 0 Å². The van der Waals surface area contributed by atoms with Crippen LogP contribution >= 0.6 is 0 Å². The zero-order chi connectivity index (χ0) is 12.5. The molecule has 0 radical (unpaired) electrons. The van der Waals surface area contributed by atoms with E-state index in [1.807, 2.05) is 7.05 Å². The molecule has 1 aliphatic heterocycles. The van der Waals surface area contributed by atoms with Crippen LogP contribution in [0.5, 0.6) is 0 Å². The average molecular weight is 242 g/mol. The van der Waals surface area contributed by atoms with E-state index in [0.29, 0.717) is 5.92 Å². The van der Waals surface area contributed by atoms with Crippen LogP contribution in [0.4, 0.5) is 0 Å². The molecule has 0 saturated carbocycles. The predicted molar refractivity (Wildman–Crippen MR) is 77.2 cm³/mol. The molecule has 0 aliphatic carbocycles. The molecule has 1 unspecified atom stereocenters. The Hall–Kier alpha value is -1.28. The number of aryl methyl sites for hydroxylation is 2. The van der Waals surface area contributed by atoms with Crippen LogP contribution in [0.3, 0.4) is 0 Å². The number of hydrogen-bond acceptors (Lipinski definition) is 1. The minimum atomic E-state index is 0.640. The quantitative estimate of drug-likeness (QED) is 0.870. The highest BCUT2D eigenvalue weighted by Gasteiger charge is 2.16. The van der Waals surface area contributed by atoms with Crippen LogP contribution in [0, 0.1) is 0 Å².